The quantitative estimate of drug-likeness (QED) is 0.0475. The van der Waals surface area contributed by atoms with Crippen LogP contribution in [-0.4, -0.2) is 153 Å². The minimum absolute atomic E-state index is 0.0175. The van der Waals surface area contributed by atoms with E-state index in [1.165, 1.54) is 7.11 Å². The maximum Gasteiger partial charge on any atom is 0.338 e. The van der Waals surface area contributed by atoms with E-state index in [1.807, 2.05) is 90.9 Å². The van der Waals surface area contributed by atoms with Crippen molar-refractivity contribution in [1.29, 1.82) is 0 Å². The minimum Gasteiger partial charge on any atom is -0.452 e. The van der Waals surface area contributed by atoms with Gasteiger partial charge in [-0.1, -0.05) is 104 Å². The second-order valence-corrected chi connectivity index (χ2v) is 20.3. The van der Waals surface area contributed by atoms with Crippen molar-refractivity contribution in [2.75, 3.05) is 48.5 Å². The molecule has 1 heterocycles. The Kier molecular flexibility index (Phi) is 25.2. The number of carbonyl (C=O) groups excluding carboxylic acids is 7. The summed E-state index contributed by atoms with van der Waals surface area (Å²) in [6, 6.07) is 12.8. The third-order valence-electron chi connectivity index (χ3n) is 14.0. The molecule has 0 aliphatic carbocycles. The number of carbonyl (C=O) groups is 7. The predicted molar refractivity (Wildman–Crippen MR) is 282 cm³/mol. The average molecular weight is 1020 g/mol. The lowest BCUT2D eigenvalue weighted by atomic mass is 9.89. The zero-order chi connectivity index (χ0) is 54.7. The topological polar surface area (TPSA) is 217 Å². The lowest BCUT2D eigenvalue weighted by Crippen LogP contribution is -2.59. The molecule has 18 heteroatoms. The van der Waals surface area contributed by atoms with Gasteiger partial charge in [-0.3, -0.25) is 33.7 Å². The highest BCUT2D eigenvalue weighted by Gasteiger charge is 2.43. The van der Waals surface area contributed by atoms with E-state index in [2.05, 4.69) is 26.5 Å². The Balaban J connectivity index is 1.76. The van der Waals surface area contributed by atoms with Crippen molar-refractivity contribution in [3.05, 3.63) is 71.3 Å². The molecule has 1 aliphatic heterocycles. The van der Waals surface area contributed by atoms with Gasteiger partial charge < -0.3 is 40.0 Å². The van der Waals surface area contributed by atoms with Gasteiger partial charge in [-0.15, -0.1) is 0 Å². The first-order chi connectivity index (χ1) is 34.5. The van der Waals surface area contributed by atoms with Crippen LogP contribution < -0.4 is 21.4 Å². The van der Waals surface area contributed by atoms with Gasteiger partial charge in [0.1, 0.15) is 12.1 Å². The Morgan fingerprint density at radius 1 is 0.795 bits per heavy atom. The molecule has 18 nitrogen and oxygen atoms in total. The first kappa shape index (κ1) is 61.6. The fourth-order valence-electron chi connectivity index (χ4n) is 9.68. The molecule has 1 saturated heterocycles. The van der Waals surface area contributed by atoms with Gasteiger partial charge in [0, 0.05) is 47.2 Å². The van der Waals surface area contributed by atoms with E-state index in [0.717, 1.165) is 0 Å². The largest absolute Gasteiger partial charge is 0.452 e. The van der Waals surface area contributed by atoms with E-state index in [-0.39, 0.29) is 78.1 Å². The smallest absolute Gasteiger partial charge is 0.338 e. The van der Waals surface area contributed by atoms with Crippen molar-refractivity contribution >= 4 is 47.1 Å². The fraction of sp³-hybridized carbons (Fsp3) is 0.636. The number of nitrogens with one attached hydrogen (secondary N) is 4. The van der Waals surface area contributed by atoms with Crippen molar-refractivity contribution in [2.24, 2.45) is 28.8 Å². The molecular formula is C55H86N8O10. The molecule has 10 atom stereocenters. The monoisotopic (exact) mass is 1020 g/mol. The van der Waals surface area contributed by atoms with Crippen LogP contribution in [0.25, 0.3) is 0 Å². The fourth-order valence-corrected chi connectivity index (χ4v) is 9.68. The van der Waals surface area contributed by atoms with Gasteiger partial charge >= 0.3 is 5.97 Å². The van der Waals surface area contributed by atoms with Crippen molar-refractivity contribution < 1.29 is 47.8 Å². The lowest BCUT2D eigenvalue weighted by molar-refractivity contribution is -0.148. The summed E-state index contributed by atoms with van der Waals surface area (Å²) in [5.41, 5.74) is 4.58. The number of hydrogen-bond donors (Lipinski definition) is 4. The van der Waals surface area contributed by atoms with Crippen LogP contribution in [0.3, 0.4) is 0 Å². The molecule has 3 rings (SSSR count). The summed E-state index contributed by atoms with van der Waals surface area (Å²) in [6.07, 6.45) is 0.130. The van der Waals surface area contributed by atoms with Crippen molar-refractivity contribution in [1.82, 2.24) is 36.1 Å². The molecule has 0 unspecified atom stereocenters. The second kappa shape index (κ2) is 29.8. The summed E-state index contributed by atoms with van der Waals surface area (Å²) in [7, 11) is 8.49. The molecule has 2 aromatic carbocycles. The van der Waals surface area contributed by atoms with E-state index >= 15 is 0 Å². The minimum atomic E-state index is -0.882. The van der Waals surface area contributed by atoms with Crippen molar-refractivity contribution in [2.45, 2.75) is 156 Å². The summed E-state index contributed by atoms with van der Waals surface area (Å²) in [4.78, 5) is 99.3. The summed E-state index contributed by atoms with van der Waals surface area (Å²) < 4.78 is 18.3. The molecular weight excluding hydrogens is 933 g/mol. The SMILES string of the molecule is CCC(=O)NCCC(=O)N/N=C(\C)c1ccc(C(=O)O[C@@H](c2ccccc2)[C@@H](C)NC(=O)[C@H](C)[C@@H](OC)[C@@H]2CCCN2C(=O)C[C@@H](OC)[C@H]([C@@H](C)CC)N(C)C(=O)[C@@H](NC(=O)[C@H](C(C)C)N(C)C)C(C)C)cc1. The Hall–Kier alpha value is -5.72. The van der Waals surface area contributed by atoms with Gasteiger partial charge in [-0.05, 0) is 81.8 Å². The zero-order valence-corrected chi connectivity index (χ0v) is 46.2. The molecule has 2 aromatic rings. The number of likely N-dealkylation sites (tertiary alicyclic amines) is 1. The highest BCUT2D eigenvalue weighted by Crippen LogP contribution is 2.31. The molecule has 0 radical (unpaired) electrons. The maximum atomic E-state index is 14.5. The van der Waals surface area contributed by atoms with E-state index in [0.29, 0.717) is 49.1 Å². The number of esters is 1. The summed E-state index contributed by atoms with van der Waals surface area (Å²) in [5, 5.41) is 12.9. The van der Waals surface area contributed by atoms with Crippen molar-refractivity contribution in [3.63, 3.8) is 0 Å². The molecule has 0 saturated carbocycles. The summed E-state index contributed by atoms with van der Waals surface area (Å²) >= 11 is 0. The van der Waals surface area contributed by atoms with Crippen molar-refractivity contribution in [3.8, 4) is 0 Å². The Labute approximate surface area is 434 Å². The number of amides is 6. The predicted octanol–water partition coefficient (Wildman–Crippen LogP) is 5.49. The van der Waals surface area contributed by atoms with E-state index < -0.39 is 60.4 Å². The Bertz CT molecular complexity index is 2140. The van der Waals surface area contributed by atoms with E-state index in [4.69, 9.17) is 14.2 Å². The molecule has 0 bridgehead atoms. The molecule has 4 N–H and O–H groups in total. The highest BCUT2D eigenvalue weighted by molar-refractivity contribution is 6.00. The Morgan fingerprint density at radius 3 is 1.97 bits per heavy atom. The standard InChI is InChI=1S/C55H86N8O10/c1-16-35(7)49(62(13)54(69)47(33(3)4)58-53(68)48(34(5)6)61(11)12)43(71-14)32-46(66)63-31-21-24-42(63)50(72-15)36(8)52(67)57-38(10)51(40-22-19-18-20-23-40)73-55(70)41-27-25-39(26-28-41)37(9)59-60-45(65)29-30-56-44(64)17-2/h18-20,22-23,25-28,33-36,38,42-43,47-51H,16-17,21,24,29-32H2,1-15H3,(H,56,64)(H,57,67)(H,58,68)(H,60,65)/b59-37+/t35-,36+,38+,42-,43+,47-,48-,49-,50+,51+/m0/s1. The number of methoxy groups -OCH3 is 2. The summed E-state index contributed by atoms with van der Waals surface area (Å²) in [5.74, 6) is -3.13. The lowest BCUT2D eigenvalue weighted by Gasteiger charge is -2.41. The Morgan fingerprint density at radius 2 is 1.42 bits per heavy atom. The number of hydrogen-bond acceptors (Lipinski definition) is 12. The van der Waals surface area contributed by atoms with E-state index in [9.17, 15) is 33.6 Å². The van der Waals surface area contributed by atoms with Gasteiger partial charge in [0.05, 0.1) is 60.0 Å². The normalized spacial score (nSPS) is 17.6. The van der Waals surface area contributed by atoms with Crippen LogP contribution in [0.1, 0.15) is 135 Å². The third-order valence-corrected chi connectivity index (χ3v) is 14.0. The van der Waals surface area contributed by atoms with Gasteiger partial charge in [0.2, 0.25) is 35.4 Å². The maximum absolute atomic E-state index is 14.5. The van der Waals surface area contributed by atoms with Crippen LogP contribution in [-0.2, 0) is 43.0 Å². The van der Waals surface area contributed by atoms with Crippen LogP contribution >= 0.6 is 0 Å². The number of likely N-dealkylation sites (N-methyl/N-ethyl adjacent to an activating group) is 2. The molecule has 0 aromatic heterocycles. The molecule has 1 aliphatic rings. The van der Waals surface area contributed by atoms with Gasteiger partial charge in [0.15, 0.2) is 0 Å². The van der Waals surface area contributed by atoms with Crippen LogP contribution in [0.5, 0.6) is 0 Å². The number of ether oxygens (including phenoxy) is 3. The average Bonchev–Trinajstić information content (AvgIpc) is 3.85. The van der Waals surface area contributed by atoms with E-state index in [1.54, 1.807) is 75.9 Å². The molecule has 1 fully saturated rings. The van der Waals surface area contributed by atoms with Crippen LogP contribution in [0, 0.1) is 23.7 Å². The van der Waals surface area contributed by atoms with Crippen LogP contribution in [0.4, 0.5) is 0 Å². The first-order valence-electron chi connectivity index (χ1n) is 25.9. The highest BCUT2D eigenvalue weighted by atomic mass is 16.5. The van der Waals surface area contributed by atoms with Crippen LogP contribution in [0.15, 0.2) is 59.7 Å². The number of hydrazone groups is 1. The van der Waals surface area contributed by atoms with Gasteiger partial charge in [-0.25, -0.2) is 10.2 Å². The first-order valence-corrected chi connectivity index (χ1v) is 25.9. The zero-order valence-electron chi connectivity index (χ0n) is 46.2. The second-order valence-electron chi connectivity index (χ2n) is 20.3. The summed E-state index contributed by atoms with van der Waals surface area (Å²) in [6.45, 7) is 19.4. The number of nitrogens with zero attached hydrogens (tertiary/aromatic N) is 4. The molecule has 6 amide bonds. The van der Waals surface area contributed by atoms with Gasteiger partial charge in [-0.2, -0.15) is 5.10 Å². The number of benzene rings is 2. The molecule has 406 valence electrons. The third kappa shape index (κ3) is 17.4. The van der Waals surface area contributed by atoms with Gasteiger partial charge in [0.25, 0.3) is 0 Å². The molecule has 73 heavy (non-hydrogen) atoms. The number of rotatable bonds is 28. The van der Waals surface area contributed by atoms with Crippen LogP contribution in [0.2, 0.25) is 0 Å². The molecule has 0 spiro atoms.